The summed E-state index contributed by atoms with van der Waals surface area (Å²) in [5.74, 6) is 0. The number of nitrogens with zero attached hydrogens (tertiary/aromatic N) is 2. The van der Waals surface area contributed by atoms with E-state index in [9.17, 15) is 8.42 Å². The van der Waals surface area contributed by atoms with Crippen molar-refractivity contribution in [3.05, 3.63) is 59.2 Å². The number of benzene rings is 2. The van der Waals surface area contributed by atoms with Crippen molar-refractivity contribution in [3.8, 4) is 0 Å². The van der Waals surface area contributed by atoms with Crippen LogP contribution in [0.5, 0.6) is 0 Å². The van der Waals surface area contributed by atoms with Crippen molar-refractivity contribution in [2.75, 3.05) is 0 Å². The Morgan fingerprint density at radius 3 is 2.82 bits per heavy atom. The molecule has 4 rings (SSSR count). The number of hydrogen-bond donors (Lipinski definition) is 0. The molecule has 0 radical (unpaired) electrons. The maximum Gasteiger partial charge on any atom is 0.268 e. The average molecular weight is 349 g/mol. The van der Waals surface area contributed by atoms with Crippen LogP contribution in [0.1, 0.15) is 0 Å². The molecule has 0 atom stereocenters. The van der Waals surface area contributed by atoms with Gasteiger partial charge in [0.1, 0.15) is 0 Å². The van der Waals surface area contributed by atoms with Gasteiger partial charge in [-0.25, -0.2) is 17.4 Å². The Balaban J connectivity index is 1.95. The summed E-state index contributed by atoms with van der Waals surface area (Å²) < 4.78 is 27.9. The van der Waals surface area contributed by atoms with E-state index in [1.807, 2.05) is 0 Å². The van der Waals surface area contributed by atoms with Gasteiger partial charge >= 0.3 is 0 Å². The third-order valence-electron chi connectivity index (χ3n) is 3.48. The predicted molar refractivity (Wildman–Crippen MR) is 89.2 cm³/mol. The first-order valence-corrected chi connectivity index (χ1v) is 9.11. The number of hydrogen-bond acceptors (Lipinski definition) is 4. The monoisotopic (exact) mass is 348 g/mol. The van der Waals surface area contributed by atoms with Crippen molar-refractivity contribution in [3.63, 3.8) is 0 Å². The van der Waals surface area contributed by atoms with Crippen molar-refractivity contribution in [2.24, 2.45) is 0 Å². The van der Waals surface area contributed by atoms with Crippen molar-refractivity contribution < 1.29 is 8.42 Å². The topological polar surface area (TPSA) is 52.0 Å². The van der Waals surface area contributed by atoms with Crippen LogP contribution < -0.4 is 0 Å². The van der Waals surface area contributed by atoms with Gasteiger partial charge in [0.15, 0.2) is 0 Å². The van der Waals surface area contributed by atoms with Gasteiger partial charge in [0.05, 0.1) is 26.1 Å². The number of fused-ring (bicyclic) bond motifs is 2. The Bertz CT molecular complexity index is 1110. The highest BCUT2D eigenvalue weighted by Crippen LogP contribution is 2.27. The molecule has 0 N–H and O–H groups in total. The van der Waals surface area contributed by atoms with E-state index in [1.165, 1.54) is 15.3 Å². The Morgan fingerprint density at radius 1 is 1.09 bits per heavy atom. The predicted octanol–water partition coefficient (Wildman–Crippen LogP) is 4.14. The molecule has 4 nitrogen and oxygen atoms in total. The molecular weight excluding hydrogens is 340 g/mol. The van der Waals surface area contributed by atoms with E-state index < -0.39 is 10.0 Å². The lowest BCUT2D eigenvalue weighted by Gasteiger charge is -2.07. The van der Waals surface area contributed by atoms with E-state index in [-0.39, 0.29) is 4.90 Å². The first-order valence-electron chi connectivity index (χ1n) is 6.41. The molecule has 7 heteroatoms. The number of halogens is 1. The summed E-state index contributed by atoms with van der Waals surface area (Å²) in [6, 6.07) is 11.8. The second kappa shape index (κ2) is 4.81. The van der Waals surface area contributed by atoms with E-state index in [1.54, 1.807) is 54.2 Å². The molecule has 0 saturated heterocycles. The van der Waals surface area contributed by atoms with Crippen LogP contribution >= 0.6 is 22.9 Å². The van der Waals surface area contributed by atoms with E-state index in [0.29, 0.717) is 10.5 Å². The average Bonchev–Trinajstić information content (AvgIpc) is 3.12. The summed E-state index contributed by atoms with van der Waals surface area (Å²) in [6.07, 6.45) is 1.55. The van der Waals surface area contributed by atoms with Crippen LogP contribution in [0.25, 0.3) is 21.1 Å². The fourth-order valence-electron chi connectivity index (χ4n) is 2.41. The van der Waals surface area contributed by atoms with Crippen molar-refractivity contribution in [1.29, 1.82) is 0 Å². The van der Waals surface area contributed by atoms with E-state index >= 15 is 0 Å². The second-order valence-electron chi connectivity index (χ2n) is 4.80. The quantitative estimate of drug-likeness (QED) is 0.547. The Morgan fingerprint density at radius 2 is 1.95 bits per heavy atom. The summed E-state index contributed by atoms with van der Waals surface area (Å²) in [4.78, 5) is 4.41. The highest BCUT2D eigenvalue weighted by atomic mass is 35.5. The fourth-order valence-corrected chi connectivity index (χ4v) is 4.76. The molecule has 0 amide bonds. The van der Waals surface area contributed by atoms with Gasteiger partial charge in [-0.2, -0.15) is 0 Å². The number of aromatic nitrogens is 2. The van der Waals surface area contributed by atoms with Crippen LogP contribution in [-0.4, -0.2) is 17.4 Å². The first kappa shape index (κ1) is 13.8. The summed E-state index contributed by atoms with van der Waals surface area (Å²) in [5.41, 5.74) is 3.11. The largest absolute Gasteiger partial charge is 0.268 e. The molecule has 0 bridgehead atoms. The smallest absolute Gasteiger partial charge is 0.245 e. The fraction of sp³-hybridized carbons (Fsp3) is 0. The summed E-state index contributed by atoms with van der Waals surface area (Å²) >= 11 is 7.37. The highest BCUT2D eigenvalue weighted by Gasteiger charge is 2.19. The molecule has 0 aliphatic carbocycles. The van der Waals surface area contributed by atoms with Crippen LogP contribution in [0.4, 0.5) is 0 Å². The zero-order valence-electron chi connectivity index (χ0n) is 11.1. The van der Waals surface area contributed by atoms with Crippen molar-refractivity contribution in [1.82, 2.24) is 8.96 Å². The normalized spacial score (nSPS) is 12.2. The lowest BCUT2D eigenvalue weighted by Crippen LogP contribution is -2.11. The van der Waals surface area contributed by atoms with Gasteiger partial charge in [0, 0.05) is 16.6 Å². The maximum atomic E-state index is 12.9. The molecule has 2 aromatic carbocycles. The molecular formula is C15H9ClN2O2S2. The first-order chi connectivity index (χ1) is 10.6. The van der Waals surface area contributed by atoms with Gasteiger partial charge in [-0.1, -0.05) is 11.6 Å². The number of rotatable bonds is 2. The third-order valence-corrected chi connectivity index (χ3v) is 6.19. The molecule has 110 valence electrons. The third kappa shape index (κ3) is 2.03. The molecule has 0 fully saturated rings. The minimum absolute atomic E-state index is 0.247. The zero-order chi connectivity index (χ0) is 15.3. The van der Waals surface area contributed by atoms with Crippen LogP contribution in [-0.2, 0) is 10.0 Å². The summed E-state index contributed by atoms with van der Waals surface area (Å²) in [6.45, 7) is 0. The second-order valence-corrected chi connectivity index (χ2v) is 7.94. The Kier molecular flexibility index (Phi) is 3.00. The lowest BCUT2D eigenvalue weighted by molar-refractivity contribution is 0.589. The highest BCUT2D eigenvalue weighted by molar-refractivity contribution is 7.90. The van der Waals surface area contributed by atoms with Crippen LogP contribution in [0.15, 0.2) is 59.1 Å². The summed E-state index contributed by atoms with van der Waals surface area (Å²) in [7, 11) is -3.65. The van der Waals surface area contributed by atoms with Crippen LogP contribution in [0.3, 0.4) is 0 Å². The molecule has 2 aromatic heterocycles. The van der Waals surface area contributed by atoms with Gasteiger partial charge in [-0.3, -0.25) is 0 Å². The van der Waals surface area contributed by atoms with Crippen LogP contribution in [0.2, 0.25) is 5.02 Å². The standard InChI is InChI=1S/C15H9ClN2O2S2/c16-11-1-4-14-10(7-11)5-6-18(14)22(19,20)12-2-3-13-15(8-12)21-9-17-13/h1-9H. The van der Waals surface area contributed by atoms with E-state index in [0.717, 1.165) is 15.6 Å². The van der Waals surface area contributed by atoms with Gasteiger partial charge < -0.3 is 0 Å². The number of thiazole rings is 1. The van der Waals surface area contributed by atoms with Gasteiger partial charge in [-0.05, 0) is 42.5 Å². The molecule has 0 saturated carbocycles. The van der Waals surface area contributed by atoms with E-state index in [4.69, 9.17) is 11.6 Å². The SMILES string of the molecule is O=S(=O)(c1ccc2ncsc2c1)n1ccc2cc(Cl)ccc21. The van der Waals surface area contributed by atoms with Crippen molar-refractivity contribution in [2.45, 2.75) is 4.90 Å². The molecule has 0 unspecified atom stereocenters. The van der Waals surface area contributed by atoms with Gasteiger partial charge in [-0.15, -0.1) is 11.3 Å². The molecule has 2 heterocycles. The Labute approximate surface area is 135 Å². The molecule has 0 spiro atoms. The zero-order valence-corrected chi connectivity index (χ0v) is 13.5. The minimum atomic E-state index is -3.65. The lowest BCUT2D eigenvalue weighted by atomic mass is 10.2. The Hall–Kier alpha value is -1.89. The van der Waals surface area contributed by atoms with Gasteiger partial charge in [0.25, 0.3) is 10.0 Å². The van der Waals surface area contributed by atoms with Crippen molar-refractivity contribution >= 4 is 54.1 Å². The minimum Gasteiger partial charge on any atom is -0.245 e. The molecule has 4 aromatic rings. The van der Waals surface area contributed by atoms with Gasteiger partial charge in [0.2, 0.25) is 0 Å². The molecule has 22 heavy (non-hydrogen) atoms. The molecule has 0 aliphatic rings. The maximum absolute atomic E-state index is 12.9. The van der Waals surface area contributed by atoms with E-state index in [2.05, 4.69) is 4.98 Å². The summed E-state index contributed by atoms with van der Waals surface area (Å²) in [5, 5.41) is 1.36. The van der Waals surface area contributed by atoms with Crippen LogP contribution in [0, 0.1) is 0 Å². The molecule has 0 aliphatic heterocycles.